The Morgan fingerprint density at radius 2 is 2.06 bits per heavy atom. The van der Waals surface area contributed by atoms with E-state index in [1.165, 1.54) is 18.4 Å². The zero-order chi connectivity index (χ0) is 13.0. The zero-order valence-corrected chi connectivity index (χ0v) is 10.7. The molecule has 2 rings (SSSR count). The predicted molar refractivity (Wildman–Crippen MR) is 70.2 cm³/mol. The predicted octanol–water partition coefficient (Wildman–Crippen LogP) is 1.44. The number of amides is 1. The van der Waals surface area contributed by atoms with Crippen molar-refractivity contribution in [3.63, 3.8) is 0 Å². The van der Waals surface area contributed by atoms with Gasteiger partial charge in [0.2, 0.25) is 0 Å². The third-order valence-electron chi connectivity index (χ3n) is 3.29. The fourth-order valence-corrected chi connectivity index (χ4v) is 1.76. The molecule has 4 heteroatoms. The molecule has 1 aromatic carbocycles. The molecular formula is C14H20N2O2. The maximum Gasteiger partial charge on any atom is 0.255 e. The monoisotopic (exact) mass is 248 g/mol. The maximum absolute atomic E-state index is 10.6. The summed E-state index contributed by atoms with van der Waals surface area (Å²) in [4.78, 5) is 10.6. The van der Waals surface area contributed by atoms with Crippen LogP contribution in [0.3, 0.4) is 0 Å². The van der Waals surface area contributed by atoms with Gasteiger partial charge in [-0.15, -0.1) is 0 Å². The molecule has 0 radical (unpaired) electrons. The topological polar surface area (TPSA) is 64.3 Å². The lowest BCUT2D eigenvalue weighted by atomic mass is 10.1. The fourth-order valence-electron chi connectivity index (χ4n) is 1.76. The smallest absolute Gasteiger partial charge is 0.255 e. The first-order valence-corrected chi connectivity index (χ1v) is 6.28. The molecule has 4 nitrogen and oxygen atoms in total. The van der Waals surface area contributed by atoms with Crippen LogP contribution in [0.25, 0.3) is 0 Å². The number of nitrogens with one attached hydrogen (secondary N) is 1. The van der Waals surface area contributed by atoms with E-state index in [0.29, 0.717) is 11.2 Å². The number of rotatable bonds is 7. The second-order valence-electron chi connectivity index (χ2n) is 5.31. The molecule has 0 aliphatic heterocycles. The second-order valence-corrected chi connectivity index (χ2v) is 5.31. The molecule has 1 saturated carbocycles. The number of hydrogen-bond acceptors (Lipinski definition) is 3. The Morgan fingerprint density at radius 3 is 2.61 bits per heavy atom. The molecule has 0 aromatic heterocycles. The zero-order valence-electron chi connectivity index (χ0n) is 10.7. The van der Waals surface area contributed by atoms with E-state index in [1.807, 2.05) is 24.3 Å². The Labute approximate surface area is 108 Å². The van der Waals surface area contributed by atoms with Gasteiger partial charge < -0.3 is 15.8 Å². The standard InChI is InChI=1S/C14H20N2O2/c1-14(6-7-14)10-16-8-11-2-4-12(5-3-11)18-9-13(15)17/h2-5,16H,6-10H2,1H3,(H2,15,17). The van der Waals surface area contributed by atoms with Gasteiger partial charge in [-0.3, -0.25) is 4.79 Å². The average Bonchev–Trinajstić information content (AvgIpc) is 3.06. The summed E-state index contributed by atoms with van der Waals surface area (Å²) >= 11 is 0. The van der Waals surface area contributed by atoms with Gasteiger partial charge in [0.1, 0.15) is 5.75 Å². The van der Waals surface area contributed by atoms with Crippen molar-refractivity contribution in [3.05, 3.63) is 29.8 Å². The van der Waals surface area contributed by atoms with Crippen LogP contribution in [0.2, 0.25) is 0 Å². The van der Waals surface area contributed by atoms with E-state index in [2.05, 4.69) is 12.2 Å². The number of carbonyl (C=O) groups is 1. The van der Waals surface area contributed by atoms with Crippen molar-refractivity contribution in [1.29, 1.82) is 0 Å². The minimum Gasteiger partial charge on any atom is -0.484 e. The van der Waals surface area contributed by atoms with Crippen molar-refractivity contribution >= 4 is 5.91 Å². The van der Waals surface area contributed by atoms with E-state index in [9.17, 15) is 4.79 Å². The molecule has 0 heterocycles. The maximum atomic E-state index is 10.6. The molecule has 0 unspecified atom stereocenters. The van der Waals surface area contributed by atoms with Crippen LogP contribution < -0.4 is 15.8 Å². The SMILES string of the molecule is CC1(CNCc2ccc(OCC(N)=O)cc2)CC1. The molecular weight excluding hydrogens is 228 g/mol. The quantitative estimate of drug-likeness (QED) is 0.767. The summed E-state index contributed by atoms with van der Waals surface area (Å²) in [7, 11) is 0. The van der Waals surface area contributed by atoms with E-state index in [1.54, 1.807) is 0 Å². The van der Waals surface area contributed by atoms with Crippen molar-refractivity contribution in [1.82, 2.24) is 5.32 Å². The second kappa shape index (κ2) is 5.40. The first kappa shape index (κ1) is 12.9. The van der Waals surface area contributed by atoms with Gasteiger partial charge in [0.25, 0.3) is 5.91 Å². The lowest BCUT2D eigenvalue weighted by Gasteiger charge is -2.10. The van der Waals surface area contributed by atoms with Crippen LogP contribution in [0.5, 0.6) is 5.75 Å². The van der Waals surface area contributed by atoms with Gasteiger partial charge in [-0.2, -0.15) is 0 Å². The lowest BCUT2D eigenvalue weighted by molar-refractivity contribution is -0.119. The molecule has 1 aliphatic carbocycles. The van der Waals surface area contributed by atoms with Crippen molar-refractivity contribution in [3.8, 4) is 5.75 Å². The number of benzene rings is 1. The van der Waals surface area contributed by atoms with E-state index in [-0.39, 0.29) is 6.61 Å². The Hall–Kier alpha value is -1.55. The molecule has 1 fully saturated rings. The molecule has 0 bridgehead atoms. The van der Waals surface area contributed by atoms with Gasteiger partial charge >= 0.3 is 0 Å². The minimum absolute atomic E-state index is 0.0735. The van der Waals surface area contributed by atoms with E-state index < -0.39 is 5.91 Å². The van der Waals surface area contributed by atoms with Crippen LogP contribution >= 0.6 is 0 Å². The van der Waals surface area contributed by atoms with Crippen LogP contribution in [0, 0.1) is 5.41 Å². The van der Waals surface area contributed by atoms with Crippen LogP contribution in [-0.2, 0) is 11.3 Å². The fraction of sp³-hybridized carbons (Fsp3) is 0.500. The molecule has 0 saturated heterocycles. The summed E-state index contributed by atoms with van der Waals surface area (Å²) in [5.74, 6) is 0.213. The lowest BCUT2D eigenvalue weighted by Crippen LogP contribution is -2.21. The Kier molecular flexibility index (Phi) is 3.87. The van der Waals surface area contributed by atoms with Crippen LogP contribution in [0.1, 0.15) is 25.3 Å². The summed E-state index contributed by atoms with van der Waals surface area (Å²) in [6.07, 6.45) is 2.67. The third-order valence-corrected chi connectivity index (χ3v) is 3.29. The molecule has 18 heavy (non-hydrogen) atoms. The molecule has 1 aliphatic rings. The minimum atomic E-state index is -0.460. The number of primary amides is 1. The van der Waals surface area contributed by atoms with E-state index >= 15 is 0 Å². The summed E-state index contributed by atoms with van der Waals surface area (Å²) in [5, 5.41) is 3.46. The average molecular weight is 248 g/mol. The number of nitrogens with two attached hydrogens (primary N) is 1. The van der Waals surface area contributed by atoms with Crippen molar-refractivity contribution in [2.75, 3.05) is 13.2 Å². The van der Waals surface area contributed by atoms with Gasteiger partial charge in [-0.25, -0.2) is 0 Å². The summed E-state index contributed by atoms with van der Waals surface area (Å²) < 4.78 is 5.20. The Balaban J connectivity index is 1.74. The molecule has 3 N–H and O–H groups in total. The van der Waals surface area contributed by atoms with Gasteiger partial charge in [-0.1, -0.05) is 19.1 Å². The van der Waals surface area contributed by atoms with Crippen molar-refractivity contribution in [2.45, 2.75) is 26.3 Å². The van der Waals surface area contributed by atoms with E-state index in [0.717, 1.165) is 13.1 Å². The number of hydrogen-bond donors (Lipinski definition) is 2. The third kappa shape index (κ3) is 4.04. The largest absolute Gasteiger partial charge is 0.484 e. The van der Waals surface area contributed by atoms with Crippen molar-refractivity contribution in [2.24, 2.45) is 11.1 Å². The normalized spacial score (nSPS) is 16.3. The highest BCUT2D eigenvalue weighted by molar-refractivity contribution is 5.75. The van der Waals surface area contributed by atoms with Gasteiger partial charge in [0.05, 0.1) is 0 Å². The highest BCUT2D eigenvalue weighted by Gasteiger charge is 2.36. The number of ether oxygens (including phenoxy) is 1. The van der Waals surface area contributed by atoms with Crippen LogP contribution in [-0.4, -0.2) is 19.1 Å². The van der Waals surface area contributed by atoms with Crippen LogP contribution in [0.15, 0.2) is 24.3 Å². The molecule has 0 atom stereocenters. The van der Waals surface area contributed by atoms with Gasteiger partial charge in [0.15, 0.2) is 6.61 Å². The first-order chi connectivity index (χ1) is 8.57. The van der Waals surface area contributed by atoms with Gasteiger partial charge in [0, 0.05) is 13.1 Å². The van der Waals surface area contributed by atoms with Crippen LogP contribution in [0.4, 0.5) is 0 Å². The highest BCUT2D eigenvalue weighted by atomic mass is 16.5. The Morgan fingerprint density at radius 1 is 1.39 bits per heavy atom. The molecule has 1 amide bonds. The Bertz CT molecular complexity index is 410. The summed E-state index contributed by atoms with van der Waals surface area (Å²) in [6.45, 7) is 4.18. The molecule has 0 spiro atoms. The van der Waals surface area contributed by atoms with E-state index in [4.69, 9.17) is 10.5 Å². The summed E-state index contributed by atoms with van der Waals surface area (Å²) in [5.41, 5.74) is 6.75. The molecule has 98 valence electrons. The highest BCUT2D eigenvalue weighted by Crippen LogP contribution is 2.44. The molecule has 1 aromatic rings. The van der Waals surface area contributed by atoms with Crippen molar-refractivity contribution < 1.29 is 9.53 Å². The number of carbonyl (C=O) groups excluding carboxylic acids is 1. The summed E-state index contributed by atoms with van der Waals surface area (Å²) in [6, 6.07) is 7.72. The first-order valence-electron chi connectivity index (χ1n) is 6.28. The van der Waals surface area contributed by atoms with Gasteiger partial charge in [-0.05, 0) is 36.0 Å².